The number of hydrogen-bond donors (Lipinski definition) is 0. The second-order valence-corrected chi connectivity index (χ2v) is 6.74. The Bertz CT molecular complexity index is 835. The van der Waals surface area contributed by atoms with Gasteiger partial charge in [0.15, 0.2) is 5.82 Å². The molecule has 0 radical (unpaired) electrons. The van der Waals surface area contributed by atoms with Crippen molar-refractivity contribution in [2.24, 2.45) is 0 Å². The van der Waals surface area contributed by atoms with Gasteiger partial charge in [0.2, 0.25) is 11.8 Å². The van der Waals surface area contributed by atoms with E-state index in [1.54, 1.807) is 16.4 Å². The van der Waals surface area contributed by atoms with Gasteiger partial charge in [-0.05, 0) is 25.7 Å². The van der Waals surface area contributed by atoms with Gasteiger partial charge in [0.25, 0.3) is 0 Å². The fraction of sp³-hybridized carbons (Fsp3) is 0.688. The average molecular weight is 346 g/mol. The van der Waals surface area contributed by atoms with Gasteiger partial charge in [-0.15, -0.1) is 0 Å². The molecule has 0 N–H and O–H groups in total. The van der Waals surface area contributed by atoms with Crippen molar-refractivity contribution < 1.29 is 9.32 Å². The quantitative estimate of drug-likeness (QED) is 0.816. The Hall–Kier alpha value is -2.45. The van der Waals surface area contributed by atoms with Crippen LogP contribution in [0.4, 0.5) is 0 Å². The molecular weight excluding hydrogens is 324 g/mol. The number of aryl methyl sites for hydroxylation is 2. The molecule has 1 atom stereocenters. The first-order valence-electron chi connectivity index (χ1n) is 8.89. The minimum atomic E-state index is -0.184. The van der Waals surface area contributed by atoms with E-state index in [-0.39, 0.29) is 24.2 Å². The van der Waals surface area contributed by atoms with Gasteiger partial charge in [0.05, 0.1) is 6.04 Å². The summed E-state index contributed by atoms with van der Waals surface area (Å²) >= 11 is 0. The Morgan fingerprint density at radius 1 is 1.24 bits per heavy atom. The first kappa shape index (κ1) is 16.0. The standard InChI is InChI=1S/C16H22N6O3/c1-11-17-15(19-25-11)12-6-5-9-20(12)14(23)10-22-16(24)21-8-4-2-3-7-13(21)18-22/h12H,2-10H2,1H3. The van der Waals surface area contributed by atoms with Crippen molar-refractivity contribution >= 4 is 5.91 Å². The van der Waals surface area contributed by atoms with Crippen molar-refractivity contribution in [1.82, 2.24) is 29.4 Å². The van der Waals surface area contributed by atoms with Crippen LogP contribution in [0.3, 0.4) is 0 Å². The summed E-state index contributed by atoms with van der Waals surface area (Å²) in [5, 5.41) is 8.34. The van der Waals surface area contributed by atoms with Crippen LogP contribution in [-0.2, 0) is 24.3 Å². The second kappa shape index (κ2) is 6.45. The van der Waals surface area contributed by atoms with Crippen molar-refractivity contribution in [1.29, 1.82) is 0 Å². The highest BCUT2D eigenvalue weighted by Crippen LogP contribution is 2.30. The topological polar surface area (TPSA) is 99.1 Å². The van der Waals surface area contributed by atoms with E-state index in [2.05, 4.69) is 15.2 Å². The molecule has 2 aliphatic rings. The lowest BCUT2D eigenvalue weighted by atomic mass is 10.2. The molecule has 2 aromatic heterocycles. The summed E-state index contributed by atoms with van der Waals surface area (Å²) in [6.45, 7) is 3.03. The molecule has 134 valence electrons. The van der Waals surface area contributed by atoms with Crippen LogP contribution in [0.1, 0.15) is 55.7 Å². The molecule has 1 amide bonds. The van der Waals surface area contributed by atoms with Crippen molar-refractivity contribution in [3.05, 3.63) is 28.0 Å². The summed E-state index contributed by atoms with van der Waals surface area (Å²) in [6, 6.07) is -0.180. The zero-order chi connectivity index (χ0) is 17.4. The van der Waals surface area contributed by atoms with Gasteiger partial charge in [0.1, 0.15) is 12.4 Å². The summed E-state index contributed by atoms with van der Waals surface area (Å²) in [7, 11) is 0. The minimum absolute atomic E-state index is 0.0355. The molecule has 1 unspecified atom stereocenters. The van der Waals surface area contributed by atoms with Crippen LogP contribution < -0.4 is 5.69 Å². The van der Waals surface area contributed by atoms with E-state index in [9.17, 15) is 9.59 Å². The Morgan fingerprint density at radius 3 is 2.92 bits per heavy atom. The van der Waals surface area contributed by atoms with Crippen LogP contribution in [0.2, 0.25) is 0 Å². The highest BCUT2D eigenvalue weighted by Gasteiger charge is 2.33. The van der Waals surface area contributed by atoms with Gasteiger partial charge in [-0.2, -0.15) is 10.1 Å². The lowest BCUT2D eigenvalue weighted by Crippen LogP contribution is -2.37. The van der Waals surface area contributed by atoms with E-state index in [0.29, 0.717) is 24.8 Å². The van der Waals surface area contributed by atoms with Crippen LogP contribution in [0.15, 0.2) is 9.32 Å². The number of carbonyl (C=O) groups excluding carboxylic acids is 1. The highest BCUT2D eigenvalue weighted by molar-refractivity contribution is 5.76. The van der Waals surface area contributed by atoms with Gasteiger partial charge < -0.3 is 9.42 Å². The largest absolute Gasteiger partial charge is 0.346 e. The van der Waals surface area contributed by atoms with Gasteiger partial charge >= 0.3 is 5.69 Å². The molecule has 0 aliphatic carbocycles. The fourth-order valence-corrected chi connectivity index (χ4v) is 3.73. The summed E-state index contributed by atoms with van der Waals surface area (Å²) in [5.41, 5.74) is -0.184. The first-order valence-corrected chi connectivity index (χ1v) is 8.89. The Balaban J connectivity index is 1.53. The number of likely N-dealkylation sites (tertiary alicyclic amines) is 1. The summed E-state index contributed by atoms with van der Waals surface area (Å²) in [6.07, 6.45) is 5.62. The zero-order valence-corrected chi connectivity index (χ0v) is 14.3. The van der Waals surface area contributed by atoms with E-state index in [0.717, 1.165) is 44.3 Å². The normalized spacial score (nSPS) is 20.5. The summed E-state index contributed by atoms with van der Waals surface area (Å²) < 4.78 is 8.06. The molecule has 25 heavy (non-hydrogen) atoms. The predicted octanol–water partition coefficient (Wildman–Crippen LogP) is 0.826. The average Bonchev–Trinajstić information content (AvgIpc) is 3.25. The number of fused-ring (bicyclic) bond motifs is 1. The minimum Gasteiger partial charge on any atom is -0.340 e. The number of nitrogens with zero attached hydrogens (tertiary/aromatic N) is 6. The van der Waals surface area contributed by atoms with E-state index in [1.165, 1.54) is 4.68 Å². The number of carbonyl (C=O) groups is 1. The monoisotopic (exact) mass is 346 g/mol. The zero-order valence-electron chi connectivity index (χ0n) is 14.3. The maximum atomic E-state index is 12.8. The maximum Gasteiger partial charge on any atom is 0.346 e. The molecule has 9 nitrogen and oxygen atoms in total. The van der Waals surface area contributed by atoms with Crippen LogP contribution in [0.25, 0.3) is 0 Å². The predicted molar refractivity (Wildman–Crippen MR) is 86.8 cm³/mol. The van der Waals surface area contributed by atoms with Crippen molar-refractivity contribution in [2.45, 2.75) is 64.6 Å². The van der Waals surface area contributed by atoms with Crippen LogP contribution in [0, 0.1) is 6.92 Å². The van der Waals surface area contributed by atoms with E-state index in [4.69, 9.17) is 4.52 Å². The maximum absolute atomic E-state index is 12.8. The van der Waals surface area contributed by atoms with Gasteiger partial charge in [-0.1, -0.05) is 11.6 Å². The molecule has 0 bridgehead atoms. The smallest absolute Gasteiger partial charge is 0.340 e. The molecule has 0 aromatic carbocycles. The summed E-state index contributed by atoms with van der Waals surface area (Å²) in [5.74, 6) is 1.70. The third-order valence-corrected chi connectivity index (χ3v) is 4.98. The lowest BCUT2D eigenvalue weighted by molar-refractivity contribution is -0.133. The van der Waals surface area contributed by atoms with Crippen molar-refractivity contribution in [3.8, 4) is 0 Å². The van der Waals surface area contributed by atoms with Gasteiger partial charge in [-0.25, -0.2) is 9.48 Å². The SMILES string of the molecule is Cc1nc(C2CCCN2C(=O)Cn2nc3n(c2=O)CCCCC3)no1. The van der Waals surface area contributed by atoms with Crippen LogP contribution in [-0.4, -0.2) is 41.8 Å². The van der Waals surface area contributed by atoms with Crippen LogP contribution >= 0.6 is 0 Å². The van der Waals surface area contributed by atoms with Crippen molar-refractivity contribution in [2.75, 3.05) is 6.54 Å². The molecule has 2 aliphatic heterocycles. The fourth-order valence-electron chi connectivity index (χ4n) is 3.73. The Labute approximate surface area is 144 Å². The van der Waals surface area contributed by atoms with Gasteiger partial charge in [-0.3, -0.25) is 9.36 Å². The molecule has 4 heterocycles. The van der Waals surface area contributed by atoms with Crippen LogP contribution in [0.5, 0.6) is 0 Å². The van der Waals surface area contributed by atoms with Crippen molar-refractivity contribution in [3.63, 3.8) is 0 Å². The Kier molecular flexibility index (Phi) is 4.14. The highest BCUT2D eigenvalue weighted by atomic mass is 16.5. The number of aromatic nitrogens is 5. The summed E-state index contributed by atoms with van der Waals surface area (Å²) in [4.78, 5) is 31.3. The van der Waals surface area contributed by atoms with E-state index >= 15 is 0 Å². The Morgan fingerprint density at radius 2 is 2.12 bits per heavy atom. The molecule has 1 saturated heterocycles. The van der Waals surface area contributed by atoms with Gasteiger partial charge in [0, 0.05) is 26.4 Å². The third-order valence-electron chi connectivity index (χ3n) is 4.98. The molecule has 0 spiro atoms. The lowest BCUT2D eigenvalue weighted by Gasteiger charge is -2.21. The molecular formula is C16H22N6O3. The second-order valence-electron chi connectivity index (χ2n) is 6.74. The molecule has 4 rings (SSSR count). The molecule has 0 saturated carbocycles. The number of amides is 1. The van der Waals surface area contributed by atoms with E-state index in [1.807, 2.05) is 0 Å². The molecule has 1 fully saturated rings. The third kappa shape index (κ3) is 2.98. The first-order chi connectivity index (χ1) is 12.1. The number of hydrogen-bond acceptors (Lipinski definition) is 6. The molecule has 9 heteroatoms. The molecule has 2 aromatic rings. The van der Waals surface area contributed by atoms with E-state index < -0.39 is 0 Å². The number of rotatable bonds is 3.